The molecule has 2 saturated heterocycles. The van der Waals surface area contributed by atoms with Gasteiger partial charge in [-0.25, -0.2) is 22.1 Å². The molecule has 0 amide bonds. The van der Waals surface area contributed by atoms with Crippen molar-refractivity contribution in [3.8, 4) is 0 Å². The molecular weight excluding hydrogens is 405 g/mol. The second-order valence-electron chi connectivity index (χ2n) is 8.47. The van der Waals surface area contributed by atoms with Gasteiger partial charge in [0.15, 0.2) is 0 Å². The first kappa shape index (κ1) is 21.5. The van der Waals surface area contributed by atoms with Gasteiger partial charge in [0.25, 0.3) is 0 Å². The van der Waals surface area contributed by atoms with E-state index in [-0.39, 0.29) is 17.2 Å². The predicted molar refractivity (Wildman–Crippen MR) is 113 cm³/mol. The van der Waals surface area contributed by atoms with E-state index < -0.39 is 15.8 Å². The molecule has 0 spiro atoms. The first-order chi connectivity index (χ1) is 14.4. The van der Waals surface area contributed by atoms with Crippen LogP contribution in [0.5, 0.6) is 0 Å². The normalized spacial score (nSPS) is 21.7. The van der Waals surface area contributed by atoms with Crippen molar-refractivity contribution in [3.63, 3.8) is 0 Å². The Morgan fingerprint density at radius 2 is 1.97 bits per heavy atom. The molecule has 2 aromatic rings. The monoisotopic (exact) mass is 435 g/mol. The Kier molecular flexibility index (Phi) is 6.55. The number of hydrogen-bond donors (Lipinski definition) is 0. The van der Waals surface area contributed by atoms with Gasteiger partial charge in [0.05, 0.1) is 5.75 Å². The van der Waals surface area contributed by atoms with Crippen molar-refractivity contribution >= 4 is 10.0 Å². The summed E-state index contributed by atoms with van der Waals surface area (Å²) in [6, 6.07) is 6.10. The standard InChI is InChI=1S/C22H30FN3O3S/c1-17-13-24-22(19-8-11-29-12-9-19)26(17)15-18-5-4-10-25(14-18)30(27,28)16-20-6-2-3-7-21(20)23/h2-3,6-7,13,18-19H,4-5,8-12,14-16H2,1H3. The molecule has 0 saturated carbocycles. The Balaban J connectivity index is 1.46. The Labute approximate surface area is 178 Å². The van der Waals surface area contributed by atoms with E-state index in [1.807, 2.05) is 6.20 Å². The van der Waals surface area contributed by atoms with Gasteiger partial charge >= 0.3 is 0 Å². The minimum atomic E-state index is -3.56. The largest absolute Gasteiger partial charge is 0.381 e. The van der Waals surface area contributed by atoms with Crippen LogP contribution in [-0.2, 0) is 27.1 Å². The highest BCUT2D eigenvalue weighted by Crippen LogP contribution is 2.29. The van der Waals surface area contributed by atoms with Gasteiger partial charge in [-0.1, -0.05) is 18.2 Å². The second-order valence-corrected chi connectivity index (χ2v) is 10.4. The first-order valence-electron chi connectivity index (χ1n) is 10.7. The SMILES string of the molecule is Cc1cnc(C2CCOCC2)n1CC1CCCN(S(=O)(=O)Cc2ccccc2F)C1. The third-order valence-corrected chi connectivity index (χ3v) is 8.08. The van der Waals surface area contributed by atoms with Gasteiger partial charge in [0, 0.05) is 56.2 Å². The summed E-state index contributed by atoms with van der Waals surface area (Å²) in [6.07, 6.45) is 5.67. The molecule has 164 valence electrons. The molecular formula is C22H30FN3O3S. The summed E-state index contributed by atoms with van der Waals surface area (Å²) >= 11 is 0. The zero-order valence-electron chi connectivity index (χ0n) is 17.5. The molecule has 1 atom stereocenters. The van der Waals surface area contributed by atoms with Crippen LogP contribution in [-0.4, -0.2) is 48.6 Å². The smallest absolute Gasteiger partial charge is 0.218 e. The fourth-order valence-corrected chi connectivity index (χ4v) is 6.24. The highest BCUT2D eigenvalue weighted by Gasteiger charge is 2.31. The highest BCUT2D eigenvalue weighted by molar-refractivity contribution is 7.88. The number of hydrogen-bond acceptors (Lipinski definition) is 4. The number of sulfonamides is 1. The number of piperidine rings is 1. The van der Waals surface area contributed by atoms with Crippen molar-refractivity contribution in [2.24, 2.45) is 5.92 Å². The fraction of sp³-hybridized carbons (Fsp3) is 0.591. The minimum Gasteiger partial charge on any atom is -0.381 e. The van der Waals surface area contributed by atoms with Crippen molar-refractivity contribution in [3.05, 3.63) is 53.4 Å². The van der Waals surface area contributed by atoms with Crippen LogP contribution in [0, 0.1) is 18.7 Å². The second kappa shape index (κ2) is 9.16. The Hall–Kier alpha value is -1.77. The van der Waals surface area contributed by atoms with Crippen LogP contribution in [0.3, 0.4) is 0 Å². The molecule has 2 aliphatic rings. The van der Waals surface area contributed by atoms with Gasteiger partial charge in [-0.3, -0.25) is 0 Å². The van der Waals surface area contributed by atoms with E-state index in [1.165, 1.54) is 6.07 Å². The van der Waals surface area contributed by atoms with E-state index in [4.69, 9.17) is 4.74 Å². The van der Waals surface area contributed by atoms with Crippen molar-refractivity contribution in [2.75, 3.05) is 26.3 Å². The predicted octanol–water partition coefficient (Wildman–Crippen LogP) is 3.47. The number of benzene rings is 1. The number of rotatable bonds is 6. The van der Waals surface area contributed by atoms with Crippen molar-refractivity contribution in [1.82, 2.24) is 13.9 Å². The van der Waals surface area contributed by atoms with E-state index in [0.29, 0.717) is 19.0 Å². The summed E-state index contributed by atoms with van der Waals surface area (Å²) in [5.74, 6) is 0.966. The molecule has 8 heteroatoms. The third kappa shape index (κ3) is 4.76. The van der Waals surface area contributed by atoms with Gasteiger partial charge in [0.2, 0.25) is 10.0 Å². The van der Waals surface area contributed by atoms with Crippen molar-refractivity contribution in [1.29, 1.82) is 0 Å². The molecule has 0 radical (unpaired) electrons. The lowest BCUT2D eigenvalue weighted by molar-refractivity contribution is 0.0824. The molecule has 0 N–H and O–H groups in total. The molecule has 1 aromatic heterocycles. The average molecular weight is 436 g/mol. The van der Waals surface area contributed by atoms with E-state index in [1.54, 1.807) is 22.5 Å². The van der Waals surface area contributed by atoms with Crippen LogP contribution in [0.25, 0.3) is 0 Å². The molecule has 1 aromatic carbocycles. The lowest BCUT2D eigenvalue weighted by atomic mass is 9.97. The number of nitrogens with zero attached hydrogens (tertiary/aromatic N) is 3. The van der Waals surface area contributed by atoms with Gasteiger partial charge in [-0.05, 0) is 44.6 Å². The molecule has 4 rings (SSSR count). The van der Waals surface area contributed by atoms with Crippen molar-refractivity contribution in [2.45, 2.75) is 50.8 Å². The number of halogens is 1. The van der Waals surface area contributed by atoms with E-state index in [0.717, 1.165) is 57.0 Å². The zero-order chi connectivity index (χ0) is 21.1. The quantitative estimate of drug-likeness (QED) is 0.697. The van der Waals surface area contributed by atoms with Crippen LogP contribution in [0.4, 0.5) is 4.39 Å². The summed E-state index contributed by atoms with van der Waals surface area (Å²) in [6.45, 7) is 5.34. The molecule has 3 heterocycles. The summed E-state index contributed by atoms with van der Waals surface area (Å²) in [5.41, 5.74) is 1.34. The molecule has 0 aliphatic carbocycles. The van der Waals surface area contributed by atoms with Crippen LogP contribution >= 0.6 is 0 Å². The highest BCUT2D eigenvalue weighted by atomic mass is 32.2. The molecule has 2 aliphatic heterocycles. The Bertz CT molecular complexity index is 970. The summed E-state index contributed by atoms with van der Waals surface area (Å²) in [4.78, 5) is 4.67. The lowest BCUT2D eigenvalue weighted by Gasteiger charge is -2.33. The maximum absolute atomic E-state index is 14.0. The lowest BCUT2D eigenvalue weighted by Crippen LogP contribution is -2.42. The van der Waals surface area contributed by atoms with Gasteiger partial charge in [-0.2, -0.15) is 0 Å². The van der Waals surface area contributed by atoms with Crippen LogP contribution in [0.1, 0.15) is 48.7 Å². The number of aryl methyl sites for hydroxylation is 1. The number of imidazole rings is 1. The summed E-state index contributed by atoms with van der Waals surface area (Å²) in [5, 5.41) is 0. The summed E-state index contributed by atoms with van der Waals surface area (Å²) in [7, 11) is -3.56. The van der Waals surface area contributed by atoms with Gasteiger partial charge in [0.1, 0.15) is 11.6 Å². The number of ether oxygens (including phenoxy) is 1. The molecule has 6 nitrogen and oxygen atoms in total. The molecule has 2 fully saturated rings. The fourth-order valence-electron chi connectivity index (χ4n) is 4.59. The first-order valence-corrected chi connectivity index (χ1v) is 12.4. The Morgan fingerprint density at radius 1 is 1.20 bits per heavy atom. The van der Waals surface area contributed by atoms with Crippen LogP contribution in [0.15, 0.2) is 30.5 Å². The third-order valence-electron chi connectivity index (χ3n) is 6.28. The average Bonchev–Trinajstić information content (AvgIpc) is 3.11. The van der Waals surface area contributed by atoms with E-state index in [9.17, 15) is 12.8 Å². The van der Waals surface area contributed by atoms with Crippen molar-refractivity contribution < 1.29 is 17.5 Å². The van der Waals surface area contributed by atoms with Gasteiger partial charge in [-0.15, -0.1) is 0 Å². The maximum Gasteiger partial charge on any atom is 0.218 e. The van der Waals surface area contributed by atoms with E-state index in [2.05, 4.69) is 16.5 Å². The maximum atomic E-state index is 14.0. The van der Waals surface area contributed by atoms with Crippen LogP contribution < -0.4 is 0 Å². The van der Waals surface area contributed by atoms with Gasteiger partial charge < -0.3 is 9.30 Å². The Morgan fingerprint density at radius 3 is 2.73 bits per heavy atom. The van der Waals surface area contributed by atoms with E-state index >= 15 is 0 Å². The zero-order valence-corrected chi connectivity index (χ0v) is 18.3. The molecule has 0 bridgehead atoms. The molecule has 30 heavy (non-hydrogen) atoms. The molecule has 1 unspecified atom stereocenters. The topological polar surface area (TPSA) is 64.4 Å². The minimum absolute atomic E-state index is 0.223. The number of aromatic nitrogens is 2. The summed E-state index contributed by atoms with van der Waals surface area (Å²) < 4.78 is 49.2. The van der Waals surface area contributed by atoms with Crippen LogP contribution in [0.2, 0.25) is 0 Å².